The van der Waals surface area contributed by atoms with Crippen LogP contribution in [0.15, 0.2) is 10.6 Å². The third-order valence-corrected chi connectivity index (χ3v) is 2.27. The Balaban J connectivity index is 2.20. The van der Waals surface area contributed by atoms with Gasteiger partial charge in [0.15, 0.2) is 0 Å². The van der Waals surface area contributed by atoms with E-state index in [1.54, 1.807) is 0 Å². The normalized spacial score (nSPS) is 24.3. The van der Waals surface area contributed by atoms with Crippen molar-refractivity contribution in [1.82, 2.24) is 10.6 Å². The molecule has 1 saturated heterocycles. The minimum Gasteiger partial charge on any atom is -0.354 e. The zero-order chi connectivity index (χ0) is 8.97. The summed E-state index contributed by atoms with van der Waals surface area (Å²) in [5.41, 5.74) is 1.32. The first kappa shape index (κ1) is 9.84. The average molecular weight is 209 g/mol. The first-order chi connectivity index (χ1) is 5.72. The quantitative estimate of drug-likeness (QED) is 0.721. The first-order valence-electron chi connectivity index (χ1n) is 3.67. The molecule has 0 bridgehead atoms. The van der Waals surface area contributed by atoms with Crippen LogP contribution in [-0.2, 0) is 4.79 Å². The maximum absolute atomic E-state index is 10.7. The Morgan fingerprint density at radius 1 is 1.83 bits per heavy atom. The van der Waals surface area contributed by atoms with E-state index < -0.39 is 0 Å². The van der Waals surface area contributed by atoms with Gasteiger partial charge in [0.1, 0.15) is 0 Å². The number of halogens is 2. The molecule has 1 unspecified atom stereocenters. The molecule has 2 N–H and O–H groups in total. The van der Waals surface area contributed by atoms with Crippen molar-refractivity contribution in [3.8, 4) is 0 Å². The maximum atomic E-state index is 10.7. The number of rotatable bonds is 3. The van der Waals surface area contributed by atoms with E-state index >= 15 is 0 Å². The fraction of sp³-hybridized carbons (Fsp3) is 0.571. The van der Waals surface area contributed by atoms with Crippen LogP contribution in [0.4, 0.5) is 0 Å². The number of carbonyl (C=O) groups excluding carboxylic acids is 1. The molecule has 1 rings (SSSR count). The summed E-state index contributed by atoms with van der Waals surface area (Å²) >= 11 is 11.0. The van der Waals surface area contributed by atoms with Gasteiger partial charge in [0.25, 0.3) is 0 Å². The summed E-state index contributed by atoms with van der Waals surface area (Å²) in [5.74, 6) is 0.0819. The number of hydrogen-bond donors (Lipinski definition) is 2. The summed E-state index contributed by atoms with van der Waals surface area (Å²) in [4.78, 5) is 10.7. The second kappa shape index (κ2) is 4.70. The molecule has 0 aromatic carbocycles. The molecule has 1 aliphatic heterocycles. The van der Waals surface area contributed by atoms with Gasteiger partial charge >= 0.3 is 0 Å². The van der Waals surface area contributed by atoms with Crippen molar-refractivity contribution in [2.75, 3.05) is 13.1 Å². The molecule has 1 heterocycles. The number of amides is 1. The van der Waals surface area contributed by atoms with E-state index in [0.717, 1.165) is 0 Å². The predicted molar refractivity (Wildman–Crippen MR) is 49.2 cm³/mol. The number of nitrogens with one attached hydrogen (secondary N) is 2. The van der Waals surface area contributed by atoms with Crippen LogP contribution in [-0.4, -0.2) is 25.0 Å². The predicted octanol–water partition coefficient (Wildman–Crippen LogP) is 0.783. The van der Waals surface area contributed by atoms with Crippen LogP contribution in [0.25, 0.3) is 0 Å². The summed E-state index contributed by atoms with van der Waals surface area (Å²) in [7, 11) is 0. The zero-order valence-electron chi connectivity index (χ0n) is 6.44. The van der Waals surface area contributed by atoms with Gasteiger partial charge in [-0.2, -0.15) is 0 Å². The van der Waals surface area contributed by atoms with E-state index in [-0.39, 0.29) is 11.9 Å². The highest BCUT2D eigenvalue weighted by atomic mass is 35.5. The van der Waals surface area contributed by atoms with Crippen LogP contribution in [0.5, 0.6) is 0 Å². The number of carbonyl (C=O) groups is 1. The van der Waals surface area contributed by atoms with E-state index in [1.165, 1.54) is 5.54 Å². The molecule has 3 nitrogen and oxygen atoms in total. The largest absolute Gasteiger partial charge is 0.354 e. The summed E-state index contributed by atoms with van der Waals surface area (Å²) in [5, 5.41) is 6.36. The van der Waals surface area contributed by atoms with E-state index in [1.807, 2.05) is 0 Å². The third kappa shape index (κ3) is 3.01. The standard InChI is InChI=1S/C7H10Cl2N2O/c8-2-5(9)3-10-6-1-7(12)11-4-6/h2,6,10H,1,3-4H2,(H,11,12)/b5-2+. The molecule has 68 valence electrons. The van der Waals surface area contributed by atoms with Crippen LogP contribution in [0.1, 0.15) is 6.42 Å². The van der Waals surface area contributed by atoms with Crippen molar-refractivity contribution in [2.45, 2.75) is 12.5 Å². The van der Waals surface area contributed by atoms with Gasteiger partial charge in [-0.3, -0.25) is 4.79 Å². The van der Waals surface area contributed by atoms with Gasteiger partial charge in [-0.15, -0.1) is 0 Å². The van der Waals surface area contributed by atoms with E-state index in [4.69, 9.17) is 23.2 Å². The lowest BCUT2D eigenvalue weighted by molar-refractivity contribution is -0.119. The van der Waals surface area contributed by atoms with Crippen molar-refractivity contribution in [3.05, 3.63) is 10.6 Å². The second-order valence-corrected chi connectivity index (χ2v) is 3.35. The smallest absolute Gasteiger partial charge is 0.221 e. The molecular weight excluding hydrogens is 199 g/mol. The molecule has 0 saturated carbocycles. The van der Waals surface area contributed by atoms with Crippen molar-refractivity contribution in [2.24, 2.45) is 0 Å². The highest BCUT2D eigenvalue weighted by Gasteiger charge is 2.20. The topological polar surface area (TPSA) is 41.1 Å². The van der Waals surface area contributed by atoms with Crippen molar-refractivity contribution in [3.63, 3.8) is 0 Å². The van der Waals surface area contributed by atoms with Gasteiger partial charge in [-0.05, 0) is 0 Å². The van der Waals surface area contributed by atoms with Crippen LogP contribution in [0.2, 0.25) is 0 Å². The lowest BCUT2D eigenvalue weighted by atomic mass is 10.2. The van der Waals surface area contributed by atoms with Crippen LogP contribution in [0, 0.1) is 0 Å². The summed E-state index contributed by atoms with van der Waals surface area (Å²) in [6, 6.07) is 0.183. The lowest BCUT2D eigenvalue weighted by Crippen LogP contribution is -2.31. The molecule has 0 spiro atoms. The van der Waals surface area contributed by atoms with Gasteiger partial charge in [0.05, 0.1) is 0 Å². The van der Waals surface area contributed by atoms with Crippen molar-refractivity contribution >= 4 is 29.1 Å². The van der Waals surface area contributed by atoms with Crippen LogP contribution in [0.3, 0.4) is 0 Å². The lowest BCUT2D eigenvalue weighted by Gasteiger charge is -2.08. The van der Waals surface area contributed by atoms with Gasteiger partial charge in [0.2, 0.25) is 5.91 Å². The zero-order valence-corrected chi connectivity index (χ0v) is 7.95. The molecule has 5 heteroatoms. The van der Waals surface area contributed by atoms with Crippen molar-refractivity contribution in [1.29, 1.82) is 0 Å². The molecule has 0 radical (unpaired) electrons. The molecule has 0 aromatic rings. The maximum Gasteiger partial charge on any atom is 0.221 e. The average Bonchev–Trinajstić information content (AvgIpc) is 2.47. The molecule has 0 aromatic heterocycles. The van der Waals surface area contributed by atoms with Gasteiger partial charge < -0.3 is 10.6 Å². The van der Waals surface area contributed by atoms with E-state index in [0.29, 0.717) is 24.5 Å². The summed E-state index contributed by atoms with van der Waals surface area (Å²) < 4.78 is 0. The Morgan fingerprint density at radius 3 is 3.08 bits per heavy atom. The molecular formula is C7H10Cl2N2O. The minimum atomic E-state index is 0.0819. The fourth-order valence-electron chi connectivity index (χ4n) is 1.03. The second-order valence-electron chi connectivity index (χ2n) is 2.64. The SMILES string of the molecule is O=C1CC(NC/C(Cl)=C\Cl)CN1. The van der Waals surface area contributed by atoms with E-state index in [2.05, 4.69) is 10.6 Å². The monoisotopic (exact) mass is 208 g/mol. The molecule has 12 heavy (non-hydrogen) atoms. The molecule has 1 amide bonds. The molecule has 0 aliphatic carbocycles. The molecule has 1 atom stereocenters. The molecule has 1 aliphatic rings. The highest BCUT2D eigenvalue weighted by Crippen LogP contribution is 2.04. The Hall–Kier alpha value is -0.250. The van der Waals surface area contributed by atoms with Crippen LogP contribution >= 0.6 is 23.2 Å². The van der Waals surface area contributed by atoms with E-state index in [9.17, 15) is 4.79 Å². The van der Waals surface area contributed by atoms with Gasteiger partial charge in [0, 0.05) is 36.1 Å². The third-order valence-electron chi connectivity index (χ3n) is 1.66. The first-order valence-corrected chi connectivity index (χ1v) is 4.48. The van der Waals surface area contributed by atoms with Gasteiger partial charge in [-0.25, -0.2) is 0 Å². The Morgan fingerprint density at radius 2 is 2.58 bits per heavy atom. The number of hydrogen-bond acceptors (Lipinski definition) is 2. The minimum absolute atomic E-state index is 0.0819. The highest BCUT2D eigenvalue weighted by molar-refractivity contribution is 6.36. The summed E-state index contributed by atoms with van der Waals surface area (Å²) in [6.45, 7) is 1.19. The van der Waals surface area contributed by atoms with Gasteiger partial charge in [-0.1, -0.05) is 23.2 Å². The Labute approximate surface area is 81.1 Å². The van der Waals surface area contributed by atoms with Crippen molar-refractivity contribution < 1.29 is 4.79 Å². The fourth-order valence-corrected chi connectivity index (χ4v) is 1.18. The Bertz CT molecular complexity index is 206. The molecule has 1 fully saturated rings. The summed E-state index contributed by atoms with van der Waals surface area (Å²) in [6.07, 6.45) is 0.520. The van der Waals surface area contributed by atoms with Crippen LogP contribution < -0.4 is 10.6 Å². The Kier molecular flexibility index (Phi) is 3.85.